The number of carboxylic acid groups (broad SMARTS) is 1. The van der Waals surface area contributed by atoms with E-state index in [1.165, 1.54) is 0 Å². The number of hydrogen-bond acceptors (Lipinski definition) is 6. The first-order chi connectivity index (χ1) is 13.7. The van der Waals surface area contributed by atoms with E-state index in [0.717, 1.165) is 32.5 Å². The molecule has 7 nitrogen and oxygen atoms in total. The molecule has 1 aromatic heterocycles. The van der Waals surface area contributed by atoms with Crippen LogP contribution in [0.2, 0.25) is 0 Å². The van der Waals surface area contributed by atoms with E-state index in [4.69, 9.17) is 19.4 Å². The number of alkyl halides is 3. The van der Waals surface area contributed by atoms with Gasteiger partial charge in [0.15, 0.2) is 0 Å². The summed E-state index contributed by atoms with van der Waals surface area (Å²) in [6, 6.07) is 5.66. The number of carbonyl (C=O) groups is 2. The van der Waals surface area contributed by atoms with E-state index < -0.39 is 12.1 Å². The number of ether oxygens (including phenoxy) is 2. The molecule has 162 valence electrons. The zero-order chi connectivity index (χ0) is 21.5. The molecule has 1 atom stereocenters. The Morgan fingerprint density at radius 1 is 1.41 bits per heavy atom. The van der Waals surface area contributed by atoms with Gasteiger partial charge >= 0.3 is 12.1 Å². The van der Waals surface area contributed by atoms with E-state index >= 15 is 0 Å². The molecule has 0 aliphatic carbocycles. The smallest absolute Gasteiger partial charge is 0.478 e. The maximum Gasteiger partial charge on any atom is 0.490 e. The van der Waals surface area contributed by atoms with Gasteiger partial charge in [-0.1, -0.05) is 6.07 Å². The summed E-state index contributed by atoms with van der Waals surface area (Å²) in [7, 11) is 0. The number of nitrogens with zero attached hydrogens (tertiary/aromatic N) is 2. The Morgan fingerprint density at radius 3 is 2.66 bits per heavy atom. The molecule has 3 rings (SSSR count). The van der Waals surface area contributed by atoms with Gasteiger partial charge in [-0.3, -0.25) is 4.79 Å². The molecule has 0 aromatic carbocycles. The minimum Gasteiger partial charge on any atom is -0.478 e. The lowest BCUT2D eigenvalue weighted by Gasteiger charge is -2.50. The average Bonchev–Trinajstić information content (AvgIpc) is 3.05. The van der Waals surface area contributed by atoms with Gasteiger partial charge in [0.2, 0.25) is 11.8 Å². The molecule has 1 unspecified atom stereocenters. The first-order valence-corrected chi connectivity index (χ1v) is 10.3. The van der Waals surface area contributed by atoms with Crippen LogP contribution in [-0.4, -0.2) is 77.0 Å². The van der Waals surface area contributed by atoms with Crippen LogP contribution in [0.1, 0.15) is 12.8 Å². The van der Waals surface area contributed by atoms with Gasteiger partial charge in [-0.15, -0.1) is 0 Å². The van der Waals surface area contributed by atoms with E-state index in [1.807, 2.05) is 29.4 Å². The number of hydrogen-bond donors (Lipinski definition) is 1. The van der Waals surface area contributed by atoms with Crippen molar-refractivity contribution in [2.45, 2.75) is 24.6 Å². The third kappa shape index (κ3) is 6.49. The Balaban J connectivity index is 0.000000370. The number of likely N-dealkylation sites (tertiary alicyclic amines) is 1. The van der Waals surface area contributed by atoms with Gasteiger partial charge in [-0.05, 0) is 31.1 Å². The van der Waals surface area contributed by atoms with Gasteiger partial charge in [-0.25, -0.2) is 9.78 Å². The van der Waals surface area contributed by atoms with Crippen molar-refractivity contribution < 1.29 is 37.3 Å². The molecule has 0 saturated carbocycles. The fraction of sp³-hybridized carbons (Fsp3) is 0.611. The first-order valence-electron chi connectivity index (χ1n) is 8.92. The van der Waals surface area contributed by atoms with E-state index in [-0.39, 0.29) is 11.5 Å². The molecular weight excluding hydrogens is 413 g/mol. The van der Waals surface area contributed by atoms with Gasteiger partial charge in [0.25, 0.3) is 0 Å². The average molecular weight is 436 g/mol. The highest BCUT2D eigenvalue weighted by Gasteiger charge is 2.53. The van der Waals surface area contributed by atoms with Gasteiger partial charge in [0.05, 0.1) is 25.4 Å². The Bertz CT molecular complexity index is 684. The Hall–Kier alpha value is -2.01. The van der Waals surface area contributed by atoms with Crippen LogP contribution in [-0.2, 0) is 14.3 Å². The van der Waals surface area contributed by atoms with Crippen LogP contribution in [0.5, 0.6) is 5.88 Å². The van der Waals surface area contributed by atoms with Crippen molar-refractivity contribution in [2.75, 3.05) is 38.3 Å². The van der Waals surface area contributed by atoms with Crippen LogP contribution in [0, 0.1) is 5.92 Å². The number of thioether (sulfide) groups is 1. The molecule has 1 N–H and O–H groups in total. The van der Waals surface area contributed by atoms with Crippen LogP contribution < -0.4 is 4.74 Å². The highest BCUT2D eigenvalue weighted by molar-refractivity contribution is 7.99. The number of carboxylic acids is 1. The zero-order valence-electron chi connectivity index (χ0n) is 15.9. The van der Waals surface area contributed by atoms with Crippen molar-refractivity contribution in [2.24, 2.45) is 5.92 Å². The largest absolute Gasteiger partial charge is 0.490 e. The summed E-state index contributed by atoms with van der Waals surface area (Å²) in [4.78, 5) is 26.9. The predicted molar refractivity (Wildman–Crippen MR) is 99.8 cm³/mol. The fourth-order valence-corrected chi connectivity index (χ4v) is 3.70. The van der Waals surface area contributed by atoms with E-state index in [1.54, 1.807) is 18.0 Å². The summed E-state index contributed by atoms with van der Waals surface area (Å²) >= 11 is 1.57. The quantitative estimate of drug-likeness (QED) is 0.733. The van der Waals surface area contributed by atoms with Gasteiger partial charge < -0.3 is 19.5 Å². The summed E-state index contributed by atoms with van der Waals surface area (Å²) < 4.78 is 43.4. The van der Waals surface area contributed by atoms with Crippen LogP contribution >= 0.6 is 11.8 Å². The molecule has 2 aliphatic heterocycles. The van der Waals surface area contributed by atoms with Crippen LogP contribution in [0.15, 0.2) is 24.4 Å². The molecule has 1 spiro atoms. The number of rotatable bonds is 6. The SMILES string of the molecule is CSCC(=O)N1CC2(C1)OCCC2CCOc1ccccn1.O=C(O)C(F)(F)F. The molecule has 2 aliphatic rings. The monoisotopic (exact) mass is 436 g/mol. The van der Waals surface area contributed by atoms with Crippen molar-refractivity contribution in [3.63, 3.8) is 0 Å². The molecule has 2 fully saturated rings. The Kier molecular flexibility index (Phi) is 8.14. The molecule has 11 heteroatoms. The second kappa shape index (κ2) is 10.1. The lowest BCUT2D eigenvalue weighted by molar-refractivity contribution is -0.192. The summed E-state index contributed by atoms with van der Waals surface area (Å²) in [6.07, 6.45) is 0.602. The highest BCUT2D eigenvalue weighted by Crippen LogP contribution is 2.41. The van der Waals surface area contributed by atoms with Crippen LogP contribution in [0.4, 0.5) is 13.2 Å². The molecular formula is C18H23F3N2O5S. The predicted octanol–water partition coefficient (Wildman–Crippen LogP) is 2.46. The minimum atomic E-state index is -5.08. The molecule has 1 amide bonds. The fourth-order valence-electron chi connectivity index (χ4n) is 3.27. The minimum absolute atomic E-state index is 0.123. The third-order valence-electron chi connectivity index (χ3n) is 4.73. The van der Waals surface area contributed by atoms with Crippen molar-refractivity contribution in [3.8, 4) is 5.88 Å². The second-order valence-corrected chi connectivity index (χ2v) is 7.56. The summed E-state index contributed by atoms with van der Waals surface area (Å²) in [6.45, 7) is 2.91. The second-order valence-electron chi connectivity index (χ2n) is 6.69. The molecule has 29 heavy (non-hydrogen) atoms. The van der Waals surface area contributed by atoms with Gasteiger partial charge in [0, 0.05) is 18.9 Å². The number of aliphatic carboxylic acids is 1. The lowest BCUT2D eigenvalue weighted by Crippen LogP contribution is -2.66. The first kappa shape index (κ1) is 23.3. The number of aromatic nitrogens is 1. The summed E-state index contributed by atoms with van der Waals surface area (Å²) in [5.41, 5.74) is -0.123. The highest BCUT2D eigenvalue weighted by atomic mass is 32.2. The normalized spacial score (nSPS) is 19.9. The van der Waals surface area contributed by atoms with Crippen molar-refractivity contribution >= 4 is 23.6 Å². The van der Waals surface area contributed by atoms with Crippen LogP contribution in [0.3, 0.4) is 0 Å². The number of halogens is 3. The van der Waals surface area contributed by atoms with Gasteiger partial charge in [0.1, 0.15) is 5.60 Å². The maximum absolute atomic E-state index is 11.9. The lowest BCUT2D eigenvalue weighted by atomic mass is 9.79. The van der Waals surface area contributed by atoms with Gasteiger partial charge in [-0.2, -0.15) is 24.9 Å². The topological polar surface area (TPSA) is 89.0 Å². The molecule has 1 aromatic rings. The third-order valence-corrected chi connectivity index (χ3v) is 5.27. The van der Waals surface area contributed by atoms with Crippen LogP contribution in [0.25, 0.3) is 0 Å². The number of amides is 1. The molecule has 3 heterocycles. The Morgan fingerprint density at radius 2 is 2.10 bits per heavy atom. The molecule has 2 saturated heterocycles. The number of carbonyl (C=O) groups excluding carboxylic acids is 1. The molecule has 0 radical (unpaired) electrons. The maximum atomic E-state index is 11.9. The Labute approximate surface area is 170 Å². The van der Waals surface area contributed by atoms with E-state index in [9.17, 15) is 18.0 Å². The van der Waals surface area contributed by atoms with Crippen molar-refractivity contribution in [1.29, 1.82) is 0 Å². The van der Waals surface area contributed by atoms with E-state index in [0.29, 0.717) is 24.2 Å². The molecule has 0 bridgehead atoms. The zero-order valence-corrected chi connectivity index (χ0v) is 16.7. The van der Waals surface area contributed by atoms with Crippen molar-refractivity contribution in [3.05, 3.63) is 24.4 Å². The summed E-state index contributed by atoms with van der Waals surface area (Å²) in [5, 5.41) is 7.12. The van der Waals surface area contributed by atoms with E-state index in [2.05, 4.69) is 4.98 Å². The standard InChI is InChI=1S/C16H22N2O3S.C2HF3O2/c1-22-10-15(19)18-11-16(12-18)13(6-9-21-16)5-8-20-14-4-2-3-7-17-14;3-2(4,5)1(6)7/h2-4,7,13H,5-6,8-12H2,1H3;(H,6,7). The summed E-state index contributed by atoms with van der Waals surface area (Å²) in [5.74, 6) is -0.844. The number of pyridine rings is 1. The van der Waals surface area contributed by atoms with Crippen molar-refractivity contribution in [1.82, 2.24) is 9.88 Å².